The zero-order chi connectivity index (χ0) is 13.7. The second kappa shape index (κ2) is 6.33. The fraction of sp³-hybridized carbons (Fsp3) is 0.143. The van der Waals surface area contributed by atoms with Gasteiger partial charge in [-0.3, -0.25) is 4.79 Å². The number of halogens is 1. The summed E-state index contributed by atoms with van der Waals surface area (Å²) in [6.07, 6.45) is 0.763. The minimum atomic E-state index is 0.265. The quantitative estimate of drug-likeness (QED) is 0.793. The third-order valence-corrected chi connectivity index (χ3v) is 3.10. The smallest absolute Gasteiger partial charge is 0.213 e. The van der Waals surface area contributed by atoms with Crippen molar-refractivity contribution in [1.82, 2.24) is 4.98 Å². The summed E-state index contributed by atoms with van der Waals surface area (Å²) in [4.78, 5) is 15.2. The topological polar surface area (TPSA) is 48.4 Å². The van der Waals surface area contributed by atoms with Crippen molar-refractivity contribution in [3.05, 3.63) is 52.1 Å². The van der Waals surface area contributed by atoms with Gasteiger partial charge in [-0.15, -0.1) is 0 Å². The Labute approximate surface area is 119 Å². The number of aldehydes is 1. The summed E-state index contributed by atoms with van der Waals surface area (Å²) < 4.78 is 11.4. The molecule has 0 unspecified atom stereocenters. The van der Waals surface area contributed by atoms with Crippen LogP contribution in [0.2, 0.25) is 0 Å². The van der Waals surface area contributed by atoms with Crippen molar-refractivity contribution in [2.24, 2.45) is 0 Å². The van der Waals surface area contributed by atoms with Gasteiger partial charge in [0.15, 0.2) is 6.29 Å². The molecule has 4 nitrogen and oxygen atoms in total. The molecule has 0 spiro atoms. The standard InChI is InChI=1S/C14H12BrNO3/c1-18-13-7-3-5-11(16-13)9-19-14-10(8-17)4-2-6-12(14)15/h2-8H,9H2,1H3. The van der Waals surface area contributed by atoms with E-state index in [9.17, 15) is 4.79 Å². The first-order chi connectivity index (χ1) is 9.24. The van der Waals surface area contributed by atoms with Crippen LogP contribution in [0.4, 0.5) is 0 Å². The zero-order valence-corrected chi connectivity index (χ0v) is 11.9. The maximum atomic E-state index is 11.0. The molecular formula is C14H12BrNO3. The molecule has 1 aromatic carbocycles. The number of carbonyl (C=O) groups is 1. The summed E-state index contributed by atoms with van der Waals surface area (Å²) in [6, 6.07) is 10.7. The minimum absolute atomic E-state index is 0.265. The van der Waals surface area contributed by atoms with Crippen LogP contribution in [-0.4, -0.2) is 18.4 Å². The molecule has 0 radical (unpaired) electrons. The Morgan fingerprint density at radius 1 is 1.26 bits per heavy atom. The zero-order valence-electron chi connectivity index (χ0n) is 10.3. The number of ether oxygens (including phenoxy) is 2. The number of methoxy groups -OCH3 is 1. The lowest BCUT2D eigenvalue weighted by molar-refractivity contribution is 0.111. The molecule has 1 heterocycles. The molecule has 19 heavy (non-hydrogen) atoms. The van der Waals surface area contributed by atoms with E-state index in [1.54, 1.807) is 25.3 Å². The predicted molar refractivity (Wildman–Crippen MR) is 74.7 cm³/mol. The van der Waals surface area contributed by atoms with E-state index in [1.807, 2.05) is 18.2 Å². The van der Waals surface area contributed by atoms with Crippen LogP contribution in [0.25, 0.3) is 0 Å². The Morgan fingerprint density at radius 2 is 2.05 bits per heavy atom. The van der Waals surface area contributed by atoms with Gasteiger partial charge in [0.05, 0.1) is 22.8 Å². The van der Waals surface area contributed by atoms with Crippen molar-refractivity contribution in [2.45, 2.75) is 6.61 Å². The summed E-state index contributed by atoms with van der Waals surface area (Å²) in [5, 5.41) is 0. The molecule has 0 bridgehead atoms. The fourth-order valence-electron chi connectivity index (χ4n) is 1.57. The van der Waals surface area contributed by atoms with Crippen LogP contribution in [0.3, 0.4) is 0 Å². The van der Waals surface area contributed by atoms with Gasteiger partial charge in [0.25, 0.3) is 0 Å². The average molecular weight is 322 g/mol. The van der Waals surface area contributed by atoms with Gasteiger partial charge in [-0.05, 0) is 34.1 Å². The highest BCUT2D eigenvalue weighted by Crippen LogP contribution is 2.28. The Kier molecular flexibility index (Phi) is 4.52. The van der Waals surface area contributed by atoms with E-state index in [0.717, 1.165) is 16.5 Å². The highest BCUT2D eigenvalue weighted by molar-refractivity contribution is 9.10. The van der Waals surface area contributed by atoms with E-state index in [0.29, 0.717) is 17.2 Å². The molecule has 0 saturated carbocycles. The molecule has 1 aromatic heterocycles. The number of aromatic nitrogens is 1. The van der Waals surface area contributed by atoms with Crippen LogP contribution >= 0.6 is 15.9 Å². The molecule has 0 N–H and O–H groups in total. The molecule has 0 amide bonds. The van der Waals surface area contributed by atoms with Crippen LogP contribution in [0.1, 0.15) is 16.1 Å². The van der Waals surface area contributed by atoms with E-state index >= 15 is 0 Å². The molecule has 2 aromatic rings. The van der Waals surface area contributed by atoms with Gasteiger partial charge in [-0.25, -0.2) is 4.98 Å². The Hall–Kier alpha value is -1.88. The van der Waals surface area contributed by atoms with Crippen molar-refractivity contribution in [2.75, 3.05) is 7.11 Å². The van der Waals surface area contributed by atoms with E-state index in [-0.39, 0.29) is 6.61 Å². The summed E-state index contributed by atoms with van der Waals surface area (Å²) in [7, 11) is 1.56. The average Bonchev–Trinajstić information content (AvgIpc) is 2.46. The Bertz CT molecular complexity index is 587. The molecule has 2 rings (SSSR count). The first-order valence-electron chi connectivity index (χ1n) is 5.61. The number of hydrogen-bond donors (Lipinski definition) is 0. The van der Waals surface area contributed by atoms with Gasteiger partial charge in [-0.2, -0.15) is 0 Å². The van der Waals surface area contributed by atoms with Gasteiger partial charge in [-0.1, -0.05) is 12.1 Å². The summed E-state index contributed by atoms with van der Waals surface area (Å²) in [5.41, 5.74) is 1.23. The highest BCUT2D eigenvalue weighted by atomic mass is 79.9. The van der Waals surface area contributed by atoms with E-state index in [4.69, 9.17) is 9.47 Å². The molecule has 98 valence electrons. The van der Waals surface area contributed by atoms with Gasteiger partial charge in [0.2, 0.25) is 5.88 Å². The van der Waals surface area contributed by atoms with Crippen LogP contribution in [-0.2, 0) is 6.61 Å². The van der Waals surface area contributed by atoms with E-state index in [2.05, 4.69) is 20.9 Å². The fourth-order valence-corrected chi connectivity index (χ4v) is 2.06. The normalized spacial score (nSPS) is 10.0. The molecule has 0 atom stereocenters. The van der Waals surface area contributed by atoms with E-state index in [1.165, 1.54) is 0 Å². The van der Waals surface area contributed by atoms with Crippen molar-refractivity contribution in [1.29, 1.82) is 0 Å². The number of rotatable bonds is 5. The lowest BCUT2D eigenvalue weighted by Gasteiger charge is -2.10. The molecule has 0 saturated heterocycles. The Balaban J connectivity index is 2.16. The lowest BCUT2D eigenvalue weighted by Crippen LogP contribution is -2.01. The van der Waals surface area contributed by atoms with Gasteiger partial charge >= 0.3 is 0 Å². The van der Waals surface area contributed by atoms with Gasteiger partial charge in [0, 0.05) is 6.07 Å². The minimum Gasteiger partial charge on any atom is -0.485 e. The van der Waals surface area contributed by atoms with Crippen molar-refractivity contribution >= 4 is 22.2 Å². The largest absolute Gasteiger partial charge is 0.485 e. The number of nitrogens with zero attached hydrogens (tertiary/aromatic N) is 1. The van der Waals surface area contributed by atoms with Crippen LogP contribution in [0, 0.1) is 0 Å². The number of carbonyl (C=O) groups excluding carboxylic acids is 1. The second-order valence-electron chi connectivity index (χ2n) is 3.74. The maximum absolute atomic E-state index is 11.0. The monoisotopic (exact) mass is 321 g/mol. The van der Waals surface area contributed by atoms with Gasteiger partial charge < -0.3 is 9.47 Å². The molecule has 0 aliphatic heterocycles. The summed E-state index contributed by atoms with van der Waals surface area (Å²) >= 11 is 3.36. The van der Waals surface area contributed by atoms with Gasteiger partial charge in [0.1, 0.15) is 12.4 Å². The first-order valence-corrected chi connectivity index (χ1v) is 6.40. The molecule has 0 aliphatic rings. The van der Waals surface area contributed by atoms with Crippen LogP contribution in [0.5, 0.6) is 11.6 Å². The number of pyridine rings is 1. The SMILES string of the molecule is COc1cccc(COc2c(Br)cccc2C=O)n1. The molecule has 0 aliphatic carbocycles. The summed E-state index contributed by atoms with van der Waals surface area (Å²) in [6.45, 7) is 0.265. The van der Waals surface area contributed by atoms with Crippen molar-refractivity contribution < 1.29 is 14.3 Å². The summed E-state index contributed by atoms with van der Waals surface area (Å²) in [5.74, 6) is 1.05. The maximum Gasteiger partial charge on any atom is 0.213 e. The second-order valence-corrected chi connectivity index (χ2v) is 4.59. The highest BCUT2D eigenvalue weighted by Gasteiger charge is 2.08. The molecule has 0 fully saturated rings. The third-order valence-electron chi connectivity index (χ3n) is 2.48. The van der Waals surface area contributed by atoms with Crippen LogP contribution < -0.4 is 9.47 Å². The lowest BCUT2D eigenvalue weighted by atomic mass is 10.2. The molecule has 5 heteroatoms. The third kappa shape index (κ3) is 3.32. The number of para-hydroxylation sites is 1. The van der Waals surface area contributed by atoms with E-state index < -0.39 is 0 Å². The van der Waals surface area contributed by atoms with Crippen LogP contribution in [0.15, 0.2) is 40.9 Å². The number of benzene rings is 1. The predicted octanol–water partition coefficient (Wildman–Crippen LogP) is 3.24. The van der Waals surface area contributed by atoms with Crippen molar-refractivity contribution in [3.8, 4) is 11.6 Å². The Morgan fingerprint density at radius 3 is 2.79 bits per heavy atom. The number of hydrogen-bond acceptors (Lipinski definition) is 4. The first kappa shape index (κ1) is 13.5. The van der Waals surface area contributed by atoms with Crippen molar-refractivity contribution in [3.63, 3.8) is 0 Å². The molecular weight excluding hydrogens is 310 g/mol.